The zero-order valence-corrected chi connectivity index (χ0v) is 13.3. The fourth-order valence-corrected chi connectivity index (χ4v) is 3.36. The molecule has 2 nitrogen and oxygen atoms in total. The lowest BCUT2D eigenvalue weighted by atomic mass is 9.90. The van der Waals surface area contributed by atoms with Gasteiger partial charge in [-0.1, -0.05) is 50.5 Å². The van der Waals surface area contributed by atoms with Gasteiger partial charge in [0.1, 0.15) is 0 Å². The number of rotatable bonds is 5. The molecule has 0 heterocycles. The lowest BCUT2D eigenvalue weighted by molar-refractivity contribution is 0.0975. The lowest BCUT2D eigenvalue weighted by Crippen LogP contribution is -2.44. The van der Waals surface area contributed by atoms with Gasteiger partial charge in [-0.15, -0.1) is 0 Å². The first-order valence-corrected chi connectivity index (χ1v) is 8.00. The molecule has 0 amide bonds. The Morgan fingerprint density at radius 2 is 1.80 bits per heavy atom. The molecule has 2 N–H and O–H groups in total. The van der Waals surface area contributed by atoms with Crippen LogP contribution in [0.25, 0.3) is 0 Å². The Kier molecular flexibility index (Phi) is 5.22. The Balaban J connectivity index is 2.14. The van der Waals surface area contributed by atoms with E-state index in [1.807, 2.05) is 0 Å². The number of aliphatic hydroxyl groups excluding tert-OH is 1. The van der Waals surface area contributed by atoms with Gasteiger partial charge in [-0.25, -0.2) is 0 Å². The number of aryl methyl sites for hydroxylation is 2. The van der Waals surface area contributed by atoms with Crippen molar-refractivity contribution >= 4 is 0 Å². The molecule has 112 valence electrons. The smallest absolute Gasteiger partial charge is 0.0948 e. The monoisotopic (exact) mass is 275 g/mol. The summed E-state index contributed by atoms with van der Waals surface area (Å²) < 4.78 is 0. The van der Waals surface area contributed by atoms with Crippen LogP contribution in [0, 0.1) is 19.8 Å². The maximum atomic E-state index is 10.8. The van der Waals surface area contributed by atoms with Crippen molar-refractivity contribution < 1.29 is 5.11 Å². The zero-order valence-electron chi connectivity index (χ0n) is 13.3. The number of aliphatic hydroxyl groups is 1. The van der Waals surface area contributed by atoms with Crippen LogP contribution in [0.1, 0.15) is 62.3 Å². The molecule has 0 saturated heterocycles. The fourth-order valence-electron chi connectivity index (χ4n) is 3.36. The summed E-state index contributed by atoms with van der Waals surface area (Å²) >= 11 is 0. The molecule has 2 rings (SSSR count). The van der Waals surface area contributed by atoms with Crippen molar-refractivity contribution in [1.29, 1.82) is 0 Å². The highest BCUT2D eigenvalue weighted by atomic mass is 16.3. The summed E-state index contributed by atoms with van der Waals surface area (Å²) in [5.41, 5.74) is 3.51. The van der Waals surface area contributed by atoms with Crippen molar-refractivity contribution in [3.63, 3.8) is 0 Å². The lowest BCUT2D eigenvalue weighted by Gasteiger charge is -2.31. The third kappa shape index (κ3) is 3.62. The standard InChI is InChI=1S/C18H29NO/c1-12(2)17(19-15-7-5-6-8-15)18(20)16-10-9-13(3)11-14(16)4/h9-12,15,17-20H,5-8H2,1-4H3. The first-order chi connectivity index (χ1) is 9.49. The summed E-state index contributed by atoms with van der Waals surface area (Å²) in [6, 6.07) is 7.06. The van der Waals surface area contributed by atoms with Gasteiger partial charge in [0.15, 0.2) is 0 Å². The first kappa shape index (κ1) is 15.5. The van der Waals surface area contributed by atoms with Gasteiger partial charge in [-0.05, 0) is 43.7 Å². The van der Waals surface area contributed by atoms with Gasteiger partial charge in [0.05, 0.1) is 6.10 Å². The van der Waals surface area contributed by atoms with Crippen LogP contribution in [-0.4, -0.2) is 17.2 Å². The molecule has 0 aliphatic heterocycles. The Hall–Kier alpha value is -0.860. The summed E-state index contributed by atoms with van der Waals surface area (Å²) in [6.45, 7) is 8.58. The molecular formula is C18H29NO. The van der Waals surface area contributed by atoms with E-state index in [1.54, 1.807) is 0 Å². The number of nitrogens with one attached hydrogen (secondary N) is 1. The van der Waals surface area contributed by atoms with Crippen LogP contribution in [0.3, 0.4) is 0 Å². The average Bonchev–Trinajstić information content (AvgIpc) is 2.87. The Morgan fingerprint density at radius 3 is 2.35 bits per heavy atom. The minimum atomic E-state index is -0.420. The molecular weight excluding hydrogens is 246 g/mol. The maximum Gasteiger partial charge on any atom is 0.0948 e. The minimum Gasteiger partial charge on any atom is -0.387 e. The van der Waals surface area contributed by atoms with Crippen LogP contribution in [0.5, 0.6) is 0 Å². The summed E-state index contributed by atoms with van der Waals surface area (Å²) in [4.78, 5) is 0. The van der Waals surface area contributed by atoms with E-state index in [1.165, 1.54) is 36.8 Å². The first-order valence-electron chi connectivity index (χ1n) is 8.00. The molecule has 0 bridgehead atoms. The molecule has 1 aromatic rings. The van der Waals surface area contributed by atoms with Gasteiger partial charge in [0, 0.05) is 12.1 Å². The molecule has 1 aromatic carbocycles. The van der Waals surface area contributed by atoms with Crippen molar-refractivity contribution in [3.8, 4) is 0 Å². The van der Waals surface area contributed by atoms with E-state index in [9.17, 15) is 5.11 Å². The van der Waals surface area contributed by atoms with Crippen LogP contribution >= 0.6 is 0 Å². The molecule has 20 heavy (non-hydrogen) atoms. The number of benzene rings is 1. The molecule has 2 unspecified atom stereocenters. The van der Waals surface area contributed by atoms with Crippen LogP contribution in [0.4, 0.5) is 0 Å². The second kappa shape index (κ2) is 6.73. The summed E-state index contributed by atoms with van der Waals surface area (Å²) in [7, 11) is 0. The highest BCUT2D eigenvalue weighted by Gasteiger charge is 2.28. The predicted octanol–water partition coefficient (Wildman–Crippen LogP) is 3.89. The number of hydrogen-bond donors (Lipinski definition) is 2. The fraction of sp³-hybridized carbons (Fsp3) is 0.667. The van der Waals surface area contributed by atoms with Crippen LogP contribution in [-0.2, 0) is 0 Å². The summed E-state index contributed by atoms with van der Waals surface area (Å²) in [5, 5.41) is 14.5. The highest BCUT2D eigenvalue weighted by molar-refractivity contribution is 5.32. The normalized spacial score (nSPS) is 19.5. The minimum absolute atomic E-state index is 0.138. The van der Waals surface area contributed by atoms with Crippen molar-refractivity contribution in [2.45, 2.75) is 71.6 Å². The van der Waals surface area contributed by atoms with Gasteiger partial charge in [0.2, 0.25) is 0 Å². The van der Waals surface area contributed by atoms with Gasteiger partial charge in [0.25, 0.3) is 0 Å². The Bertz CT molecular complexity index is 435. The summed E-state index contributed by atoms with van der Waals surface area (Å²) in [5.74, 6) is 0.423. The van der Waals surface area contributed by atoms with E-state index >= 15 is 0 Å². The molecule has 0 aromatic heterocycles. The molecule has 2 atom stereocenters. The van der Waals surface area contributed by atoms with Crippen molar-refractivity contribution in [3.05, 3.63) is 34.9 Å². The zero-order chi connectivity index (χ0) is 14.7. The van der Waals surface area contributed by atoms with E-state index < -0.39 is 6.10 Å². The van der Waals surface area contributed by atoms with Crippen molar-refractivity contribution in [2.75, 3.05) is 0 Å². The topological polar surface area (TPSA) is 32.3 Å². The van der Waals surface area contributed by atoms with E-state index in [-0.39, 0.29) is 6.04 Å². The molecule has 0 radical (unpaired) electrons. The Labute approximate surface area is 123 Å². The third-order valence-electron chi connectivity index (χ3n) is 4.59. The second-order valence-electron chi connectivity index (χ2n) is 6.72. The molecule has 2 heteroatoms. The van der Waals surface area contributed by atoms with Crippen LogP contribution in [0.2, 0.25) is 0 Å². The van der Waals surface area contributed by atoms with Crippen LogP contribution in [0.15, 0.2) is 18.2 Å². The van der Waals surface area contributed by atoms with E-state index in [4.69, 9.17) is 0 Å². The van der Waals surface area contributed by atoms with Crippen molar-refractivity contribution in [2.24, 2.45) is 5.92 Å². The van der Waals surface area contributed by atoms with Gasteiger partial charge >= 0.3 is 0 Å². The van der Waals surface area contributed by atoms with Gasteiger partial charge in [-0.3, -0.25) is 0 Å². The highest BCUT2D eigenvalue weighted by Crippen LogP contribution is 2.28. The van der Waals surface area contributed by atoms with Gasteiger partial charge < -0.3 is 10.4 Å². The molecule has 1 aliphatic rings. The SMILES string of the molecule is Cc1ccc(C(O)C(NC2CCCC2)C(C)C)c(C)c1. The second-order valence-corrected chi connectivity index (χ2v) is 6.72. The van der Waals surface area contributed by atoms with E-state index in [0.29, 0.717) is 12.0 Å². The van der Waals surface area contributed by atoms with Crippen molar-refractivity contribution in [1.82, 2.24) is 5.32 Å². The molecule has 1 saturated carbocycles. The van der Waals surface area contributed by atoms with Crippen LogP contribution < -0.4 is 5.32 Å². The average molecular weight is 275 g/mol. The van der Waals surface area contributed by atoms with E-state index in [0.717, 1.165) is 5.56 Å². The van der Waals surface area contributed by atoms with E-state index in [2.05, 4.69) is 51.2 Å². The number of hydrogen-bond acceptors (Lipinski definition) is 2. The Morgan fingerprint density at radius 1 is 1.15 bits per heavy atom. The quantitative estimate of drug-likeness (QED) is 0.854. The molecule has 1 fully saturated rings. The summed E-state index contributed by atoms with van der Waals surface area (Å²) in [6.07, 6.45) is 4.73. The predicted molar refractivity (Wildman–Crippen MR) is 84.9 cm³/mol. The molecule has 0 spiro atoms. The van der Waals surface area contributed by atoms with Gasteiger partial charge in [-0.2, -0.15) is 0 Å². The molecule has 1 aliphatic carbocycles. The maximum absolute atomic E-state index is 10.8. The largest absolute Gasteiger partial charge is 0.387 e. The third-order valence-corrected chi connectivity index (χ3v) is 4.59.